The summed E-state index contributed by atoms with van der Waals surface area (Å²) in [5, 5.41) is 18.0. The molecule has 0 amide bonds. The summed E-state index contributed by atoms with van der Waals surface area (Å²) in [5.41, 5.74) is 0.952. The zero-order chi connectivity index (χ0) is 20.0. The van der Waals surface area contributed by atoms with Crippen molar-refractivity contribution in [3.05, 3.63) is 33.8 Å². The number of rotatable bonds is 5. The highest BCUT2D eigenvalue weighted by atomic mass is 35.5. The van der Waals surface area contributed by atoms with E-state index in [9.17, 15) is 5.11 Å². The van der Waals surface area contributed by atoms with Gasteiger partial charge >= 0.3 is 0 Å². The quantitative estimate of drug-likeness (QED) is 0.492. The Labute approximate surface area is 177 Å². The SMILES string of the molecule is CCNC(=NCC1(c2ccc(Cl)cc2Cl)CCOCC1)NC1CCC(O)CC1. The van der Waals surface area contributed by atoms with Gasteiger partial charge < -0.3 is 20.5 Å². The number of hydrogen-bond donors (Lipinski definition) is 3. The maximum absolute atomic E-state index is 9.74. The summed E-state index contributed by atoms with van der Waals surface area (Å²) in [6.45, 7) is 4.93. The van der Waals surface area contributed by atoms with Gasteiger partial charge in [-0.05, 0) is 63.1 Å². The fourth-order valence-corrected chi connectivity index (χ4v) is 4.77. The first kappa shape index (κ1) is 21.7. The molecule has 0 aromatic heterocycles. The normalized spacial score (nSPS) is 25.4. The van der Waals surface area contributed by atoms with Crippen LogP contribution in [0.1, 0.15) is 51.0 Å². The molecule has 1 saturated carbocycles. The third kappa shape index (κ3) is 5.53. The highest BCUT2D eigenvalue weighted by Crippen LogP contribution is 2.40. The van der Waals surface area contributed by atoms with Crippen LogP contribution in [0.25, 0.3) is 0 Å². The fraction of sp³-hybridized carbons (Fsp3) is 0.667. The van der Waals surface area contributed by atoms with Gasteiger partial charge in [-0.15, -0.1) is 0 Å². The van der Waals surface area contributed by atoms with Gasteiger partial charge in [0.1, 0.15) is 0 Å². The van der Waals surface area contributed by atoms with Crippen LogP contribution in [0.5, 0.6) is 0 Å². The van der Waals surface area contributed by atoms with Crippen LogP contribution in [0.15, 0.2) is 23.2 Å². The van der Waals surface area contributed by atoms with Crippen LogP contribution < -0.4 is 10.6 Å². The van der Waals surface area contributed by atoms with Gasteiger partial charge in [0, 0.05) is 41.3 Å². The summed E-state index contributed by atoms with van der Waals surface area (Å²) in [7, 11) is 0. The molecule has 7 heteroatoms. The standard InChI is InChI=1S/C21H31Cl2N3O2/c1-2-24-20(26-16-4-6-17(27)7-5-16)25-14-21(9-11-28-12-10-21)18-8-3-15(22)13-19(18)23/h3,8,13,16-17,27H,2,4-7,9-12,14H2,1H3,(H2,24,25,26). The maximum Gasteiger partial charge on any atom is 0.191 e. The van der Waals surface area contributed by atoms with E-state index in [-0.39, 0.29) is 11.5 Å². The lowest BCUT2D eigenvalue weighted by atomic mass is 9.74. The van der Waals surface area contributed by atoms with E-state index < -0.39 is 0 Å². The molecule has 156 valence electrons. The van der Waals surface area contributed by atoms with E-state index >= 15 is 0 Å². The lowest BCUT2D eigenvalue weighted by Gasteiger charge is -2.37. The number of aliphatic hydroxyl groups excluding tert-OH is 1. The van der Waals surface area contributed by atoms with Gasteiger partial charge in [0.05, 0.1) is 12.6 Å². The smallest absolute Gasteiger partial charge is 0.191 e. The second-order valence-corrected chi connectivity index (χ2v) is 8.71. The van der Waals surface area contributed by atoms with Crippen molar-refractivity contribution in [3.8, 4) is 0 Å². The van der Waals surface area contributed by atoms with Crippen LogP contribution in [-0.4, -0.2) is 49.5 Å². The summed E-state index contributed by atoms with van der Waals surface area (Å²) < 4.78 is 5.62. The van der Waals surface area contributed by atoms with Crippen molar-refractivity contribution in [3.63, 3.8) is 0 Å². The van der Waals surface area contributed by atoms with Crippen molar-refractivity contribution in [2.45, 2.75) is 63.0 Å². The number of ether oxygens (including phenoxy) is 1. The molecule has 1 aliphatic heterocycles. The highest BCUT2D eigenvalue weighted by Gasteiger charge is 2.36. The van der Waals surface area contributed by atoms with E-state index in [0.29, 0.717) is 35.8 Å². The van der Waals surface area contributed by atoms with Crippen LogP contribution in [0, 0.1) is 0 Å². The molecular weight excluding hydrogens is 397 g/mol. The van der Waals surface area contributed by atoms with E-state index in [4.69, 9.17) is 32.9 Å². The number of benzene rings is 1. The van der Waals surface area contributed by atoms with Crippen molar-refractivity contribution in [1.29, 1.82) is 0 Å². The molecule has 1 heterocycles. The lowest BCUT2D eigenvalue weighted by Crippen LogP contribution is -2.46. The van der Waals surface area contributed by atoms with Gasteiger partial charge in [-0.25, -0.2) is 0 Å². The summed E-state index contributed by atoms with van der Waals surface area (Å²) in [5.74, 6) is 0.833. The molecule has 0 radical (unpaired) electrons. The Kier molecular flexibility index (Phi) is 7.86. The van der Waals surface area contributed by atoms with Crippen LogP contribution in [0.4, 0.5) is 0 Å². The molecular formula is C21H31Cl2N3O2. The predicted molar refractivity (Wildman–Crippen MR) is 116 cm³/mol. The van der Waals surface area contributed by atoms with Gasteiger partial charge in [0.25, 0.3) is 0 Å². The highest BCUT2D eigenvalue weighted by molar-refractivity contribution is 6.35. The molecule has 2 aliphatic rings. The molecule has 3 rings (SSSR count). The molecule has 0 atom stereocenters. The molecule has 0 bridgehead atoms. The van der Waals surface area contributed by atoms with Crippen molar-refractivity contribution < 1.29 is 9.84 Å². The van der Waals surface area contributed by atoms with Gasteiger partial charge in [-0.1, -0.05) is 29.3 Å². The number of aliphatic hydroxyl groups is 1. The van der Waals surface area contributed by atoms with Crippen LogP contribution in [-0.2, 0) is 10.2 Å². The first-order chi connectivity index (χ1) is 13.5. The predicted octanol–water partition coefficient (Wildman–Crippen LogP) is 3.90. The van der Waals surface area contributed by atoms with Crippen molar-refractivity contribution >= 4 is 29.2 Å². The Hall–Kier alpha value is -1.01. The number of hydrogen-bond acceptors (Lipinski definition) is 3. The number of aliphatic imine (C=N–C) groups is 1. The van der Waals surface area contributed by atoms with Crippen LogP contribution >= 0.6 is 23.2 Å². The molecule has 1 saturated heterocycles. The van der Waals surface area contributed by atoms with Crippen molar-refractivity contribution in [2.24, 2.45) is 4.99 Å². The first-order valence-corrected chi connectivity index (χ1v) is 11.0. The Bertz CT molecular complexity index is 670. The zero-order valence-corrected chi connectivity index (χ0v) is 18.0. The molecule has 1 aromatic carbocycles. The largest absolute Gasteiger partial charge is 0.393 e. The minimum Gasteiger partial charge on any atom is -0.393 e. The minimum absolute atomic E-state index is 0.148. The van der Waals surface area contributed by atoms with E-state index in [0.717, 1.165) is 56.6 Å². The average Bonchev–Trinajstić information content (AvgIpc) is 2.69. The second kappa shape index (κ2) is 10.1. The molecule has 1 aromatic rings. The fourth-order valence-electron chi connectivity index (χ4n) is 4.16. The summed E-state index contributed by atoms with van der Waals surface area (Å²) in [6.07, 6.45) is 5.23. The summed E-state index contributed by atoms with van der Waals surface area (Å²) in [4.78, 5) is 4.95. The van der Waals surface area contributed by atoms with Crippen LogP contribution in [0.3, 0.4) is 0 Å². The van der Waals surface area contributed by atoms with E-state index in [1.807, 2.05) is 18.2 Å². The minimum atomic E-state index is -0.157. The average molecular weight is 428 g/mol. The van der Waals surface area contributed by atoms with Crippen molar-refractivity contribution in [1.82, 2.24) is 10.6 Å². The van der Waals surface area contributed by atoms with E-state index in [2.05, 4.69) is 17.6 Å². The summed E-state index contributed by atoms with van der Waals surface area (Å²) in [6, 6.07) is 6.11. The molecule has 5 nitrogen and oxygen atoms in total. The summed E-state index contributed by atoms with van der Waals surface area (Å²) >= 11 is 12.7. The number of nitrogens with zero attached hydrogens (tertiary/aromatic N) is 1. The van der Waals surface area contributed by atoms with Crippen molar-refractivity contribution in [2.75, 3.05) is 26.3 Å². The van der Waals surface area contributed by atoms with Gasteiger partial charge in [0.15, 0.2) is 5.96 Å². The molecule has 0 unspecified atom stereocenters. The van der Waals surface area contributed by atoms with E-state index in [1.54, 1.807) is 0 Å². The second-order valence-electron chi connectivity index (χ2n) is 7.86. The molecule has 3 N–H and O–H groups in total. The number of halogens is 2. The molecule has 1 aliphatic carbocycles. The number of guanidine groups is 1. The lowest BCUT2D eigenvalue weighted by molar-refractivity contribution is 0.0531. The third-order valence-corrected chi connectivity index (χ3v) is 6.42. The topological polar surface area (TPSA) is 65.9 Å². The number of nitrogens with one attached hydrogen (secondary N) is 2. The molecule has 2 fully saturated rings. The molecule has 28 heavy (non-hydrogen) atoms. The molecule has 0 spiro atoms. The third-order valence-electron chi connectivity index (χ3n) is 5.87. The Balaban J connectivity index is 1.78. The van der Waals surface area contributed by atoms with Crippen LogP contribution in [0.2, 0.25) is 10.0 Å². The first-order valence-electron chi connectivity index (χ1n) is 10.3. The van der Waals surface area contributed by atoms with Gasteiger partial charge in [-0.3, -0.25) is 4.99 Å². The van der Waals surface area contributed by atoms with Gasteiger partial charge in [-0.2, -0.15) is 0 Å². The Morgan fingerprint density at radius 1 is 1.21 bits per heavy atom. The Morgan fingerprint density at radius 2 is 1.93 bits per heavy atom. The Morgan fingerprint density at radius 3 is 2.57 bits per heavy atom. The zero-order valence-electron chi connectivity index (χ0n) is 16.5. The monoisotopic (exact) mass is 427 g/mol. The van der Waals surface area contributed by atoms with Gasteiger partial charge in [0.2, 0.25) is 0 Å². The maximum atomic E-state index is 9.74. The van der Waals surface area contributed by atoms with E-state index in [1.165, 1.54) is 0 Å².